The number of sulfonamides is 1. The van der Waals surface area contributed by atoms with Gasteiger partial charge in [0.2, 0.25) is 21.9 Å². The van der Waals surface area contributed by atoms with Crippen molar-refractivity contribution in [2.75, 3.05) is 59.8 Å². The van der Waals surface area contributed by atoms with Crippen LogP contribution >= 0.6 is 15.9 Å². The number of anilines is 6. The summed E-state index contributed by atoms with van der Waals surface area (Å²) < 4.78 is 45.6. The number of aromatic nitrogens is 3. The Balaban J connectivity index is 1.33. The van der Waals surface area contributed by atoms with Crippen LogP contribution in [0, 0.1) is 5.82 Å². The average Bonchev–Trinajstić information content (AvgIpc) is 3.73. The standard InChI is InChI=1S/C24H28BrFN8O3S/c1-37-23-19(7-8-21(30-23)34-11-9-33(10-12-34)16-4-5-16)29-24-27-14-17(25)22(31-24)28-18-6-3-15(26)13-20(18)32-38(2,35)36/h3,6-8,13-14,16,32H,4-5,9-12H2,1-2H3,(H2,27,28,29,31). The van der Waals surface area contributed by atoms with E-state index in [1.54, 1.807) is 13.3 Å². The molecule has 11 nitrogen and oxygen atoms in total. The molecule has 0 amide bonds. The summed E-state index contributed by atoms with van der Waals surface area (Å²) in [5, 5.41) is 6.15. The number of nitrogens with one attached hydrogen (secondary N) is 3. The van der Waals surface area contributed by atoms with E-state index in [1.165, 1.54) is 25.0 Å². The summed E-state index contributed by atoms with van der Waals surface area (Å²) in [5.74, 6) is 1.26. The number of ether oxygens (including phenoxy) is 1. The van der Waals surface area contributed by atoms with Crippen LogP contribution in [0.5, 0.6) is 5.88 Å². The maximum absolute atomic E-state index is 13.8. The van der Waals surface area contributed by atoms with E-state index in [9.17, 15) is 12.8 Å². The molecule has 5 rings (SSSR count). The van der Waals surface area contributed by atoms with Gasteiger partial charge in [0.1, 0.15) is 23.1 Å². The molecule has 1 saturated carbocycles. The number of hydrogen-bond donors (Lipinski definition) is 3. The van der Waals surface area contributed by atoms with Crippen molar-refractivity contribution in [1.29, 1.82) is 0 Å². The van der Waals surface area contributed by atoms with Gasteiger partial charge < -0.3 is 20.3 Å². The Morgan fingerprint density at radius 3 is 2.45 bits per heavy atom. The van der Waals surface area contributed by atoms with Crippen LogP contribution in [0.1, 0.15) is 12.8 Å². The van der Waals surface area contributed by atoms with Gasteiger partial charge in [0.05, 0.1) is 29.2 Å². The highest BCUT2D eigenvalue weighted by Crippen LogP contribution is 2.33. The molecule has 3 N–H and O–H groups in total. The Morgan fingerprint density at radius 2 is 1.76 bits per heavy atom. The first-order valence-corrected chi connectivity index (χ1v) is 14.7. The highest BCUT2D eigenvalue weighted by atomic mass is 79.9. The monoisotopic (exact) mass is 606 g/mol. The molecule has 38 heavy (non-hydrogen) atoms. The molecule has 2 aromatic heterocycles. The van der Waals surface area contributed by atoms with Crippen molar-refractivity contribution < 1.29 is 17.5 Å². The van der Waals surface area contributed by atoms with Crippen LogP contribution in [0.15, 0.2) is 41.0 Å². The maximum atomic E-state index is 13.8. The number of methoxy groups -OCH3 is 1. The number of benzene rings is 1. The molecule has 1 aromatic carbocycles. The van der Waals surface area contributed by atoms with E-state index in [0.29, 0.717) is 27.5 Å². The van der Waals surface area contributed by atoms with Gasteiger partial charge in [-0.3, -0.25) is 9.62 Å². The number of halogens is 2. The zero-order chi connectivity index (χ0) is 26.9. The van der Waals surface area contributed by atoms with E-state index in [0.717, 1.165) is 50.4 Å². The maximum Gasteiger partial charge on any atom is 0.239 e. The molecule has 0 unspecified atom stereocenters. The van der Waals surface area contributed by atoms with Crippen LogP contribution in [0.4, 0.5) is 39.0 Å². The number of pyridine rings is 1. The number of nitrogens with zero attached hydrogens (tertiary/aromatic N) is 5. The van der Waals surface area contributed by atoms with E-state index in [4.69, 9.17) is 9.72 Å². The minimum absolute atomic E-state index is 0.0481. The Kier molecular flexibility index (Phi) is 7.54. The van der Waals surface area contributed by atoms with Gasteiger partial charge in [-0.15, -0.1) is 0 Å². The summed E-state index contributed by atoms with van der Waals surface area (Å²) in [6, 6.07) is 8.30. The third-order valence-corrected chi connectivity index (χ3v) is 7.43. The lowest BCUT2D eigenvalue weighted by molar-refractivity contribution is 0.247. The summed E-state index contributed by atoms with van der Waals surface area (Å²) in [6.45, 7) is 3.91. The summed E-state index contributed by atoms with van der Waals surface area (Å²) in [4.78, 5) is 18.3. The van der Waals surface area contributed by atoms with Gasteiger partial charge in [-0.2, -0.15) is 9.97 Å². The summed E-state index contributed by atoms with van der Waals surface area (Å²) in [5.41, 5.74) is 0.946. The smallest absolute Gasteiger partial charge is 0.239 e. The molecule has 0 radical (unpaired) electrons. The van der Waals surface area contributed by atoms with Crippen LogP contribution < -0.4 is 25.0 Å². The van der Waals surface area contributed by atoms with Gasteiger partial charge in [0.25, 0.3) is 0 Å². The summed E-state index contributed by atoms with van der Waals surface area (Å²) in [6.07, 6.45) is 5.15. The zero-order valence-corrected chi connectivity index (χ0v) is 23.3. The summed E-state index contributed by atoms with van der Waals surface area (Å²) in [7, 11) is -2.07. The number of rotatable bonds is 9. The third-order valence-electron chi connectivity index (χ3n) is 6.26. The predicted octanol–water partition coefficient (Wildman–Crippen LogP) is 3.92. The Hall–Kier alpha value is -3.23. The third kappa shape index (κ3) is 6.42. The van der Waals surface area contributed by atoms with Crippen molar-refractivity contribution in [3.63, 3.8) is 0 Å². The molecule has 0 atom stereocenters. The van der Waals surface area contributed by atoms with Crippen LogP contribution in [-0.2, 0) is 10.0 Å². The topological polar surface area (TPSA) is 125 Å². The number of piperazine rings is 1. The molecule has 0 spiro atoms. The Bertz CT molecular complexity index is 1430. The predicted molar refractivity (Wildman–Crippen MR) is 149 cm³/mol. The van der Waals surface area contributed by atoms with Crippen LogP contribution in [-0.4, -0.2) is 73.9 Å². The number of hydrogen-bond acceptors (Lipinski definition) is 10. The SMILES string of the molecule is COc1nc(N2CCN(C3CC3)CC2)ccc1Nc1ncc(Br)c(Nc2ccc(F)cc2NS(C)(=O)=O)n1. The van der Waals surface area contributed by atoms with Gasteiger partial charge in [-0.05, 0) is 53.0 Å². The second kappa shape index (κ2) is 10.9. The first-order chi connectivity index (χ1) is 18.2. The normalized spacial score (nSPS) is 16.3. The second-order valence-electron chi connectivity index (χ2n) is 9.18. The van der Waals surface area contributed by atoms with Crippen molar-refractivity contribution in [2.24, 2.45) is 0 Å². The molecule has 3 aromatic rings. The fourth-order valence-electron chi connectivity index (χ4n) is 4.29. The molecule has 1 saturated heterocycles. The van der Waals surface area contributed by atoms with Crippen LogP contribution in [0.3, 0.4) is 0 Å². The van der Waals surface area contributed by atoms with Crippen LogP contribution in [0.25, 0.3) is 0 Å². The minimum atomic E-state index is -3.63. The van der Waals surface area contributed by atoms with Crippen molar-refractivity contribution >= 4 is 60.6 Å². The van der Waals surface area contributed by atoms with E-state index in [-0.39, 0.29) is 11.6 Å². The average molecular weight is 608 g/mol. The van der Waals surface area contributed by atoms with E-state index in [2.05, 4.69) is 51.1 Å². The molecule has 3 heterocycles. The molecule has 2 aliphatic rings. The first kappa shape index (κ1) is 26.4. The molecule has 14 heteroatoms. The quantitative estimate of drug-likeness (QED) is 0.330. The zero-order valence-electron chi connectivity index (χ0n) is 20.9. The van der Waals surface area contributed by atoms with Gasteiger partial charge in [-0.25, -0.2) is 17.8 Å². The Labute approximate surface area is 229 Å². The van der Waals surface area contributed by atoms with E-state index >= 15 is 0 Å². The fourth-order valence-corrected chi connectivity index (χ4v) is 5.14. The highest BCUT2D eigenvalue weighted by molar-refractivity contribution is 9.10. The van der Waals surface area contributed by atoms with Crippen molar-refractivity contribution in [1.82, 2.24) is 19.9 Å². The fraction of sp³-hybridized carbons (Fsp3) is 0.375. The second-order valence-corrected chi connectivity index (χ2v) is 11.8. The van der Waals surface area contributed by atoms with Crippen molar-refractivity contribution in [3.05, 3.63) is 46.8 Å². The lowest BCUT2D eigenvalue weighted by atomic mass is 10.2. The van der Waals surface area contributed by atoms with Gasteiger partial charge in [0, 0.05) is 44.5 Å². The van der Waals surface area contributed by atoms with Crippen LogP contribution in [0.2, 0.25) is 0 Å². The molecular formula is C24H28BrFN8O3S. The lowest BCUT2D eigenvalue weighted by Crippen LogP contribution is -2.47. The lowest BCUT2D eigenvalue weighted by Gasteiger charge is -2.35. The molecule has 2 fully saturated rings. The van der Waals surface area contributed by atoms with E-state index in [1.807, 2.05) is 12.1 Å². The van der Waals surface area contributed by atoms with Gasteiger partial charge in [-0.1, -0.05) is 0 Å². The largest absolute Gasteiger partial charge is 0.479 e. The first-order valence-electron chi connectivity index (χ1n) is 12.1. The molecule has 0 bridgehead atoms. The van der Waals surface area contributed by atoms with Gasteiger partial charge in [0.15, 0.2) is 0 Å². The van der Waals surface area contributed by atoms with E-state index < -0.39 is 15.8 Å². The highest BCUT2D eigenvalue weighted by Gasteiger charge is 2.31. The Morgan fingerprint density at radius 1 is 1.03 bits per heavy atom. The van der Waals surface area contributed by atoms with Gasteiger partial charge >= 0.3 is 0 Å². The van der Waals surface area contributed by atoms with Crippen molar-refractivity contribution in [3.8, 4) is 5.88 Å². The van der Waals surface area contributed by atoms with Crippen molar-refractivity contribution in [2.45, 2.75) is 18.9 Å². The molecule has 1 aliphatic heterocycles. The minimum Gasteiger partial charge on any atom is -0.479 e. The molecule has 202 valence electrons. The molecule has 1 aliphatic carbocycles. The summed E-state index contributed by atoms with van der Waals surface area (Å²) >= 11 is 3.40. The molecular weight excluding hydrogens is 579 g/mol.